The van der Waals surface area contributed by atoms with Crippen LogP contribution in [0, 0.1) is 0 Å². The molecule has 10 heteroatoms. The molecule has 0 saturated carbocycles. The summed E-state index contributed by atoms with van der Waals surface area (Å²) in [5.74, 6) is -0.404. The van der Waals surface area contributed by atoms with Crippen LogP contribution in [0.5, 0.6) is 0 Å². The van der Waals surface area contributed by atoms with Gasteiger partial charge in [0.05, 0.1) is 5.69 Å². The predicted octanol–water partition coefficient (Wildman–Crippen LogP) is 3.61. The van der Waals surface area contributed by atoms with E-state index >= 15 is 0 Å². The molecular formula is C15H15N5O4S. The number of benzene rings is 2. The van der Waals surface area contributed by atoms with E-state index in [-0.39, 0.29) is 5.69 Å². The lowest BCUT2D eigenvalue weighted by Gasteiger charge is -2.08. The summed E-state index contributed by atoms with van der Waals surface area (Å²) in [6.45, 7) is 0. The molecule has 0 atom stereocenters. The second-order valence-electron chi connectivity index (χ2n) is 4.76. The van der Waals surface area contributed by atoms with Crippen LogP contribution < -0.4 is 5.32 Å². The maximum Gasteiger partial charge on any atom is 0.296 e. The first-order chi connectivity index (χ1) is 11.8. The Bertz CT molecular complexity index is 937. The van der Waals surface area contributed by atoms with Gasteiger partial charge in [-0.3, -0.25) is 9.35 Å². The number of azo groups is 2. The molecular weight excluding hydrogens is 346 g/mol. The number of hydrogen-bond acceptors (Lipinski definition) is 7. The molecule has 2 aromatic rings. The van der Waals surface area contributed by atoms with Crippen LogP contribution in [0.15, 0.2) is 67.8 Å². The minimum atomic E-state index is -4.45. The van der Waals surface area contributed by atoms with E-state index in [1.165, 1.54) is 19.2 Å². The fraction of sp³-hybridized carbons (Fsp3) is 0.133. The largest absolute Gasteiger partial charge is 0.322 e. The van der Waals surface area contributed by atoms with Gasteiger partial charge in [0, 0.05) is 25.3 Å². The number of amides is 1. The molecule has 0 saturated heterocycles. The van der Waals surface area contributed by atoms with Crippen molar-refractivity contribution < 1.29 is 17.8 Å². The minimum Gasteiger partial charge on any atom is -0.322 e. The lowest BCUT2D eigenvalue weighted by atomic mass is 10.2. The van der Waals surface area contributed by atoms with Crippen molar-refractivity contribution in [3.63, 3.8) is 0 Å². The van der Waals surface area contributed by atoms with Crippen molar-refractivity contribution in [2.75, 3.05) is 19.4 Å². The minimum absolute atomic E-state index is 0.0819. The molecule has 0 aliphatic heterocycles. The van der Waals surface area contributed by atoms with Crippen LogP contribution >= 0.6 is 0 Å². The third-order valence-electron chi connectivity index (χ3n) is 3.05. The second kappa shape index (κ2) is 7.73. The zero-order valence-electron chi connectivity index (χ0n) is 13.4. The van der Waals surface area contributed by atoms with E-state index in [9.17, 15) is 17.8 Å². The topological polar surface area (TPSA) is 133 Å². The van der Waals surface area contributed by atoms with Crippen molar-refractivity contribution in [2.45, 2.75) is 4.90 Å². The molecule has 2 aromatic carbocycles. The van der Waals surface area contributed by atoms with Crippen LogP contribution in [-0.2, 0) is 10.1 Å². The first kappa shape index (κ1) is 18.4. The Morgan fingerprint density at radius 1 is 1.00 bits per heavy atom. The summed E-state index contributed by atoms with van der Waals surface area (Å²) in [6, 6.07) is 10.2. The molecule has 0 aromatic heterocycles. The molecule has 0 spiro atoms. The average Bonchev–Trinajstić information content (AvgIpc) is 2.55. The number of nitrogens with one attached hydrogen (secondary N) is 1. The Kier molecular flexibility index (Phi) is 5.67. The highest BCUT2D eigenvalue weighted by Crippen LogP contribution is 2.28. The summed E-state index contributed by atoms with van der Waals surface area (Å²) in [4.78, 5) is 11.8. The fourth-order valence-electron chi connectivity index (χ4n) is 2.00. The highest BCUT2D eigenvalue weighted by molar-refractivity contribution is 7.86. The van der Waals surface area contributed by atoms with E-state index in [4.69, 9.17) is 0 Å². The SMILES string of the molecule is C/N=N/c1ccc(C(=O)Nc2ccc(S(=O)(=O)O)c(/N=N/C)c2)cc1. The molecule has 0 aliphatic carbocycles. The third kappa shape index (κ3) is 4.75. The first-order valence-corrected chi connectivity index (χ1v) is 8.42. The van der Waals surface area contributed by atoms with Crippen molar-refractivity contribution in [3.8, 4) is 0 Å². The zero-order chi connectivity index (χ0) is 18.4. The lowest BCUT2D eigenvalue weighted by Crippen LogP contribution is -2.11. The van der Waals surface area contributed by atoms with Crippen LogP contribution in [0.25, 0.3) is 0 Å². The molecule has 0 bridgehead atoms. The monoisotopic (exact) mass is 361 g/mol. The van der Waals surface area contributed by atoms with Gasteiger partial charge in [-0.2, -0.15) is 28.9 Å². The van der Waals surface area contributed by atoms with Gasteiger partial charge in [0.15, 0.2) is 0 Å². The quantitative estimate of drug-likeness (QED) is 0.621. The normalized spacial score (nSPS) is 12.0. The van der Waals surface area contributed by atoms with Gasteiger partial charge in [0.2, 0.25) is 0 Å². The van der Waals surface area contributed by atoms with E-state index in [1.54, 1.807) is 31.3 Å². The smallest absolute Gasteiger partial charge is 0.296 e. The molecule has 1 amide bonds. The van der Waals surface area contributed by atoms with Crippen LogP contribution in [0.2, 0.25) is 0 Å². The molecule has 0 fully saturated rings. The fourth-order valence-corrected chi connectivity index (χ4v) is 2.60. The van der Waals surface area contributed by atoms with E-state index < -0.39 is 20.9 Å². The van der Waals surface area contributed by atoms with Gasteiger partial charge >= 0.3 is 0 Å². The number of hydrogen-bond donors (Lipinski definition) is 2. The van der Waals surface area contributed by atoms with Crippen LogP contribution in [0.4, 0.5) is 17.1 Å². The Hall–Kier alpha value is -2.98. The van der Waals surface area contributed by atoms with Gasteiger partial charge in [-0.15, -0.1) is 0 Å². The van der Waals surface area contributed by atoms with Gasteiger partial charge < -0.3 is 5.32 Å². The molecule has 0 unspecified atom stereocenters. The van der Waals surface area contributed by atoms with Crippen LogP contribution in [-0.4, -0.2) is 33.0 Å². The number of rotatable bonds is 5. The van der Waals surface area contributed by atoms with Gasteiger partial charge in [-0.25, -0.2) is 0 Å². The van der Waals surface area contributed by atoms with Crippen molar-refractivity contribution in [1.29, 1.82) is 0 Å². The molecule has 0 aliphatic rings. The van der Waals surface area contributed by atoms with Crippen molar-refractivity contribution in [1.82, 2.24) is 0 Å². The summed E-state index contributed by atoms with van der Waals surface area (Å²) in [6.07, 6.45) is 0. The van der Waals surface area contributed by atoms with Crippen LogP contribution in [0.3, 0.4) is 0 Å². The maximum absolute atomic E-state index is 12.2. The van der Waals surface area contributed by atoms with Gasteiger partial charge in [-0.05, 0) is 42.5 Å². The van der Waals surface area contributed by atoms with Crippen molar-refractivity contribution in [3.05, 3.63) is 48.0 Å². The summed E-state index contributed by atoms with van der Waals surface area (Å²) < 4.78 is 31.8. The molecule has 130 valence electrons. The standard InChI is InChI=1S/C15H15N5O4S/c1-16-19-11-5-3-10(4-6-11)15(21)18-12-7-8-14(25(22,23)24)13(9-12)20-17-2/h3-9H,1-2H3,(H,18,21)(H,22,23,24)/b19-16+,20-17+. The molecule has 25 heavy (non-hydrogen) atoms. The Labute approximate surface area is 144 Å². The first-order valence-electron chi connectivity index (χ1n) is 6.98. The molecule has 2 rings (SSSR count). The van der Waals surface area contributed by atoms with E-state index in [2.05, 4.69) is 25.8 Å². The summed E-state index contributed by atoms with van der Waals surface area (Å²) in [5.41, 5.74) is 1.22. The summed E-state index contributed by atoms with van der Waals surface area (Å²) in [7, 11) is -1.55. The van der Waals surface area contributed by atoms with Gasteiger partial charge in [0.25, 0.3) is 16.0 Å². The highest BCUT2D eigenvalue weighted by atomic mass is 32.2. The zero-order valence-corrected chi connectivity index (χ0v) is 14.2. The Morgan fingerprint density at radius 2 is 1.64 bits per heavy atom. The molecule has 9 nitrogen and oxygen atoms in total. The Balaban J connectivity index is 2.27. The molecule has 0 radical (unpaired) electrons. The molecule has 0 heterocycles. The van der Waals surface area contributed by atoms with Crippen LogP contribution in [0.1, 0.15) is 10.4 Å². The lowest BCUT2D eigenvalue weighted by molar-refractivity contribution is 0.102. The summed E-state index contributed by atoms with van der Waals surface area (Å²) in [5, 5.41) is 17.3. The van der Waals surface area contributed by atoms with Crippen molar-refractivity contribution in [2.24, 2.45) is 20.5 Å². The number of carbonyl (C=O) groups excluding carboxylic acids is 1. The van der Waals surface area contributed by atoms with Crippen molar-refractivity contribution >= 4 is 33.1 Å². The Morgan fingerprint density at radius 3 is 2.20 bits per heavy atom. The van der Waals surface area contributed by atoms with E-state index in [1.807, 2.05) is 0 Å². The predicted molar refractivity (Wildman–Crippen MR) is 91.5 cm³/mol. The number of nitrogens with zero attached hydrogens (tertiary/aromatic N) is 4. The number of carbonyl (C=O) groups is 1. The maximum atomic E-state index is 12.2. The third-order valence-corrected chi connectivity index (χ3v) is 3.95. The van der Waals surface area contributed by atoms with Gasteiger partial charge in [-0.1, -0.05) is 0 Å². The summed E-state index contributed by atoms with van der Waals surface area (Å²) >= 11 is 0. The molecule has 2 N–H and O–H groups in total. The van der Waals surface area contributed by atoms with E-state index in [0.717, 1.165) is 6.07 Å². The number of anilines is 1. The average molecular weight is 361 g/mol. The van der Waals surface area contributed by atoms with E-state index in [0.29, 0.717) is 16.9 Å². The second-order valence-corrected chi connectivity index (χ2v) is 6.15. The van der Waals surface area contributed by atoms with Gasteiger partial charge in [0.1, 0.15) is 10.6 Å². The highest BCUT2D eigenvalue weighted by Gasteiger charge is 2.17.